The van der Waals surface area contributed by atoms with Crippen molar-refractivity contribution in [1.29, 1.82) is 0 Å². The first-order valence-corrected chi connectivity index (χ1v) is 8.99. The lowest BCUT2D eigenvalue weighted by molar-refractivity contribution is 0.0996. The molecule has 0 fully saturated rings. The Labute approximate surface area is 161 Å². The van der Waals surface area contributed by atoms with Gasteiger partial charge in [-0.3, -0.25) is 4.79 Å². The summed E-state index contributed by atoms with van der Waals surface area (Å²) in [5.74, 6) is -0.0535. The van der Waals surface area contributed by atoms with Gasteiger partial charge >= 0.3 is 0 Å². The summed E-state index contributed by atoms with van der Waals surface area (Å²) in [5, 5.41) is 8.08. The first-order chi connectivity index (χ1) is 12.4. The van der Waals surface area contributed by atoms with Gasteiger partial charge in [0, 0.05) is 20.6 Å². The number of amides is 1. The molecule has 5 nitrogen and oxygen atoms in total. The first-order valence-electron chi connectivity index (χ1n) is 7.81. The summed E-state index contributed by atoms with van der Waals surface area (Å²) < 4.78 is 19.4. The van der Waals surface area contributed by atoms with Crippen LogP contribution < -0.4 is 4.90 Å². The van der Waals surface area contributed by atoms with Gasteiger partial charge in [0.25, 0.3) is 11.8 Å². The molecule has 1 unspecified atom stereocenters. The Bertz CT molecular complexity index is 1020. The number of nitrogens with zero attached hydrogens (tertiary/aromatic N) is 3. The predicted octanol–water partition coefficient (Wildman–Crippen LogP) is 5.34. The number of benzene rings is 2. The number of carbonyl (C=O) groups excluding carboxylic acids is 1. The molecule has 1 amide bonds. The molecule has 1 aliphatic rings. The lowest BCUT2D eigenvalue weighted by atomic mass is 10.1. The van der Waals surface area contributed by atoms with Crippen molar-refractivity contribution in [2.75, 3.05) is 4.90 Å². The van der Waals surface area contributed by atoms with E-state index in [2.05, 4.69) is 26.1 Å². The molecule has 132 valence electrons. The maximum Gasteiger partial charge on any atom is 0.258 e. The van der Waals surface area contributed by atoms with Crippen molar-refractivity contribution < 1.29 is 13.6 Å². The van der Waals surface area contributed by atoms with Gasteiger partial charge in [-0.2, -0.15) is 0 Å². The molecule has 0 radical (unpaired) electrons. The molecule has 0 saturated carbocycles. The van der Waals surface area contributed by atoms with Crippen molar-refractivity contribution in [1.82, 2.24) is 10.2 Å². The van der Waals surface area contributed by atoms with Crippen LogP contribution in [0.1, 0.15) is 34.9 Å². The molecule has 2 aromatic carbocycles. The Kier molecular flexibility index (Phi) is 4.28. The first kappa shape index (κ1) is 17.2. The lowest BCUT2D eigenvalue weighted by Crippen LogP contribution is -2.23. The van der Waals surface area contributed by atoms with Crippen LogP contribution in [0.15, 0.2) is 45.3 Å². The number of hydrogen-bond donors (Lipinski definition) is 0. The summed E-state index contributed by atoms with van der Waals surface area (Å²) in [4.78, 5) is 14.5. The monoisotopic (exact) mass is 435 g/mol. The van der Waals surface area contributed by atoms with Gasteiger partial charge in [0.15, 0.2) is 6.17 Å². The van der Waals surface area contributed by atoms with E-state index >= 15 is 0 Å². The van der Waals surface area contributed by atoms with Crippen LogP contribution in [0.5, 0.6) is 0 Å². The summed E-state index contributed by atoms with van der Waals surface area (Å²) in [7, 11) is 0. The minimum absolute atomic E-state index is 0.0868. The SMILES string of the molecule is CC(F)c1nnc(-c2ccc3c(c2)C(=O)N(c2cc(Cl)ccc2Br)C3)o1. The number of carbonyl (C=O) groups is 1. The van der Waals surface area contributed by atoms with E-state index in [0.717, 1.165) is 10.0 Å². The summed E-state index contributed by atoms with van der Waals surface area (Å²) >= 11 is 9.53. The van der Waals surface area contributed by atoms with Gasteiger partial charge in [-0.25, -0.2) is 4.39 Å². The molecule has 0 aliphatic carbocycles. The third kappa shape index (κ3) is 2.91. The molecule has 1 aliphatic heterocycles. The predicted molar refractivity (Wildman–Crippen MR) is 98.9 cm³/mol. The minimum Gasteiger partial charge on any atom is -0.418 e. The third-order valence-corrected chi connectivity index (χ3v) is 5.05. The van der Waals surface area contributed by atoms with E-state index in [1.807, 2.05) is 6.07 Å². The third-order valence-electron chi connectivity index (χ3n) is 4.14. The van der Waals surface area contributed by atoms with Crippen LogP contribution in [0.4, 0.5) is 10.1 Å². The number of aromatic nitrogens is 2. The summed E-state index contributed by atoms with van der Waals surface area (Å²) in [6.07, 6.45) is -1.34. The molecule has 4 rings (SSSR count). The molecular formula is C18H12BrClFN3O2. The molecule has 0 spiro atoms. The van der Waals surface area contributed by atoms with Gasteiger partial charge in [-0.15, -0.1) is 10.2 Å². The highest BCUT2D eigenvalue weighted by Gasteiger charge is 2.30. The number of fused-ring (bicyclic) bond motifs is 1. The fraction of sp³-hybridized carbons (Fsp3) is 0.167. The van der Waals surface area contributed by atoms with Gasteiger partial charge in [-0.1, -0.05) is 17.7 Å². The Hall–Kier alpha value is -2.25. The van der Waals surface area contributed by atoms with Crippen molar-refractivity contribution in [2.45, 2.75) is 19.6 Å². The van der Waals surface area contributed by atoms with Crippen molar-refractivity contribution in [2.24, 2.45) is 0 Å². The smallest absolute Gasteiger partial charge is 0.258 e. The van der Waals surface area contributed by atoms with E-state index < -0.39 is 6.17 Å². The second kappa shape index (κ2) is 6.48. The molecule has 2 heterocycles. The molecule has 0 N–H and O–H groups in total. The van der Waals surface area contributed by atoms with Crippen LogP contribution in [0, 0.1) is 0 Å². The largest absolute Gasteiger partial charge is 0.418 e. The molecular weight excluding hydrogens is 425 g/mol. The lowest BCUT2D eigenvalue weighted by Gasteiger charge is -2.17. The molecule has 0 bridgehead atoms. The summed E-state index contributed by atoms with van der Waals surface area (Å²) in [6.45, 7) is 1.76. The minimum atomic E-state index is -1.34. The average Bonchev–Trinajstić information content (AvgIpc) is 3.23. The van der Waals surface area contributed by atoms with Crippen LogP contribution in [-0.2, 0) is 6.54 Å². The van der Waals surface area contributed by atoms with E-state index in [9.17, 15) is 9.18 Å². The van der Waals surface area contributed by atoms with Crippen LogP contribution in [-0.4, -0.2) is 16.1 Å². The van der Waals surface area contributed by atoms with Crippen molar-refractivity contribution in [3.63, 3.8) is 0 Å². The maximum absolute atomic E-state index is 13.3. The number of rotatable bonds is 3. The second-order valence-electron chi connectivity index (χ2n) is 5.92. The van der Waals surface area contributed by atoms with Gasteiger partial charge in [0.1, 0.15) is 0 Å². The summed E-state index contributed by atoms with van der Waals surface area (Å²) in [6, 6.07) is 10.6. The Morgan fingerprint density at radius 1 is 1.27 bits per heavy atom. The Balaban J connectivity index is 1.70. The molecule has 1 atom stereocenters. The van der Waals surface area contributed by atoms with Gasteiger partial charge in [-0.05, 0) is 58.7 Å². The standard InChI is InChI=1S/C18H12BrClFN3O2/c1-9(21)16-22-23-17(26-16)10-2-3-11-8-24(18(25)13(11)6-10)15-7-12(20)4-5-14(15)19/h2-7,9H,8H2,1H3. The summed E-state index contributed by atoms with van der Waals surface area (Å²) in [5.41, 5.74) is 2.70. The van der Waals surface area contributed by atoms with Crippen molar-refractivity contribution in [3.05, 3.63) is 62.9 Å². The van der Waals surface area contributed by atoms with E-state index in [1.165, 1.54) is 6.92 Å². The Morgan fingerprint density at radius 2 is 2.08 bits per heavy atom. The number of anilines is 1. The zero-order chi connectivity index (χ0) is 18.4. The van der Waals surface area contributed by atoms with Crippen molar-refractivity contribution >= 4 is 39.1 Å². The zero-order valence-corrected chi connectivity index (χ0v) is 15.9. The number of hydrogen-bond acceptors (Lipinski definition) is 4. The van der Waals surface area contributed by atoms with Gasteiger partial charge in [0.05, 0.1) is 12.2 Å². The van der Waals surface area contributed by atoms with E-state index in [1.54, 1.807) is 35.2 Å². The molecule has 3 aromatic rings. The fourth-order valence-electron chi connectivity index (χ4n) is 2.83. The Morgan fingerprint density at radius 3 is 2.81 bits per heavy atom. The van der Waals surface area contributed by atoms with E-state index in [0.29, 0.717) is 28.4 Å². The normalized spacial score (nSPS) is 14.6. The average molecular weight is 437 g/mol. The quantitative estimate of drug-likeness (QED) is 0.556. The number of halogens is 3. The van der Waals surface area contributed by atoms with Crippen LogP contribution in [0.2, 0.25) is 5.02 Å². The van der Waals surface area contributed by atoms with E-state index in [4.69, 9.17) is 16.0 Å². The maximum atomic E-state index is 13.3. The number of alkyl halides is 1. The molecule has 1 aromatic heterocycles. The van der Waals surface area contributed by atoms with Gasteiger partial charge < -0.3 is 9.32 Å². The van der Waals surface area contributed by atoms with Crippen LogP contribution in [0.25, 0.3) is 11.5 Å². The second-order valence-corrected chi connectivity index (χ2v) is 7.21. The highest BCUT2D eigenvalue weighted by molar-refractivity contribution is 9.10. The highest BCUT2D eigenvalue weighted by Crippen LogP contribution is 2.36. The van der Waals surface area contributed by atoms with Crippen LogP contribution in [0.3, 0.4) is 0 Å². The van der Waals surface area contributed by atoms with Gasteiger partial charge in [0.2, 0.25) is 5.89 Å². The topological polar surface area (TPSA) is 59.2 Å². The molecule has 26 heavy (non-hydrogen) atoms. The highest BCUT2D eigenvalue weighted by atomic mass is 79.9. The fourth-order valence-corrected chi connectivity index (χ4v) is 3.46. The van der Waals surface area contributed by atoms with Crippen LogP contribution >= 0.6 is 27.5 Å². The molecule has 0 saturated heterocycles. The zero-order valence-electron chi connectivity index (χ0n) is 13.5. The molecule has 8 heteroatoms. The van der Waals surface area contributed by atoms with Crippen molar-refractivity contribution in [3.8, 4) is 11.5 Å². The van der Waals surface area contributed by atoms with E-state index in [-0.39, 0.29) is 17.7 Å².